The first kappa shape index (κ1) is 14.9. The minimum Gasteiger partial charge on any atom is -0.377 e. The number of nitrogens with one attached hydrogen (secondary N) is 1. The Morgan fingerprint density at radius 3 is 2.86 bits per heavy atom. The fourth-order valence-corrected chi connectivity index (χ4v) is 3.62. The van der Waals surface area contributed by atoms with Crippen LogP contribution in [-0.2, 0) is 11.2 Å². The lowest BCUT2D eigenvalue weighted by molar-refractivity contribution is 0.0304. The van der Waals surface area contributed by atoms with E-state index in [-0.39, 0.29) is 11.5 Å². The van der Waals surface area contributed by atoms with Crippen LogP contribution >= 0.6 is 0 Å². The van der Waals surface area contributed by atoms with Crippen molar-refractivity contribution in [3.8, 4) is 0 Å². The maximum atomic E-state index is 14.1. The summed E-state index contributed by atoms with van der Waals surface area (Å²) in [7, 11) is 0. The topological polar surface area (TPSA) is 21.3 Å². The fourth-order valence-electron chi connectivity index (χ4n) is 3.62. The molecule has 1 saturated carbocycles. The summed E-state index contributed by atoms with van der Waals surface area (Å²) in [5.74, 6) is -0.856. The van der Waals surface area contributed by atoms with Gasteiger partial charge in [0.25, 0.3) is 0 Å². The molecular formula is C17H23F2NO. The molecule has 4 heteroatoms. The average molecular weight is 295 g/mol. The molecule has 2 fully saturated rings. The van der Waals surface area contributed by atoms with Gasteiger partial charge in [0.1, 0.15) is 0 Å². The standard InChI is InChI=1S/C17H23F2NO/c1-2-20-11-17(8-9-21-16(17)12-6-7-12)10-13-4-3-5-14(18)15(13)19/h3-5,12,16,20H,2,6-11H2,1H3. The summed E-state index contributed by atoms with van der Waals surface area (Å²) in [6, 6.07) is 4.48. The van der Waals surface area contributed by atoms with E-state index in [4.69, 9.17) is 4.74 Å². The van der Waals surface area contributed by atoms with Crippen molar-refractivity contribution in [1.82, 2.24) is 5.32 Å². The highest BCUT2D eigenvalue weighted by atomic mass is 19.2. The van der Waals surface area contributed by atoms with Gasteiger partial charge in [-0.1, -0.05) is 19.1 Å². The molecule has 2 aliphatic rings. The van der Waals surface area contributed by atoms with Gasteiger partial charge in [0.05, 0.1) is 6.10 Å². The highest BCUT2D eigenvalue weighted by Gasteiger charge is 2.50. The zero-order valence-electron chi connectivity index (χ0n) is 12.5. The van der Waals surface area contributed by atoms with Gasteiger partial charge in [0.2, 0.25) is 0 Å². The van der Waals surface area contributed by atoms with Crippen molar-refractivity contribution in [2.45, 2.75) is 38.7 Å². The van der Waals surface area contributed by atoms with E-state index in [1.807, 2.05) is 0 Å². The third-order valence-electron chi connectivity index (χ3n) is 4.85. The molecule has 1 aliphatic heterocycles. The third-order valence-corrected chi connectivity index (χ3v) is 4.85. The maximum Gasteiger partial charge on any atom is 0.162 e. The highest BCUT2D eigenvalue weighted by molar-refractivity contribution is 5.22. The maximum absolute atomic E-state index is 14.1. The van der Waals surface area contributed by atoms with Crippen LogP contribution in [-0.4, -0.2) is 25.8 Å². The van der Waals surface area contributed by atoms with Crippen LogP contribution in [0.2, 0.25) is 0 Å². The molecule has 0 radical (unpaired) electrons. The van der Waals surface area contributed by atoms with Crippen LogP contribution in [0.3, 0.4) is 0 Å². The van der Waals surface area contributed by atoms with E-state index in [0.717, 1.165) is 26.1 Å². The Morgan fingerprint density at radius 1 is 1.33 bits per heavy atom. The first-order chi connectivity index (χ1) is 10.2. The van der Waals surface area contributed by atoms with Crippen LogP contribution in [0.15, 0.2) is 18.2 Å². The van der Waals surface area contributed by atoms with Crippen molar-refractivity contribution >= 4 is 0 Å². The predicted octanol–water partition coefficient (Wildman–Crippen LogP) is 3.30. The number of halogens is 2. The molecule has 0 aromatic heterocycles. The number of hydrogen-bond donors (Lipinski definition) is 1. The van der Waals surface area contributed by atoms with Gasteiger partial charge in [-0.15, -0.1) is 0 Å². The van der Waals surface area contributed by atoms with Crippen LogP contribution in [0.1, 0.15) is 31.7 Å². The van der Waals surface area contributed by atoms with Crippen molar-refractivity contribution in [2.75, 3.05) is 19.7 Å². The van der Waals surface area contributed by atoms with Crippen molar-refractivity contribution in [3.63, 3.8) is 0 Å². The number of benzene rings is 1. The van der Waals surface area contributed by atoms with E-state index in [0.29, 0.717) is 17.9 Å². The van der Waals surface area contributed by atoms with Gasteiger partial charge < -0.3 is 10.1 Å². The van der Waals surface area contributed by atoms with E-state index >= 15 is 0 Å². The summed E-state index contributed by atoms with van der Waals surface area (Å²) < 4.78 is 33.5. The van der Waals surface area contributed by atoms with E-state index in [9.17, 15) is 8.78 Å². The molecule has 0 amide bonds. The van der Waals surface area contributed by atoms with E-state index in [2.05, 4.69) is 12.2 Å². The summed E-state index contributed by atoms with van der Waals surface area (Å²) in [6.07, 6.45) is 4.04. The van der Waals surface area contributed by atoms with Gasteiger partial charge in [0, 0.05) is 18.6 Å². The summed E-state index contributed by atoms with van der Waals surface area (Å²) in [5.41, 5.74) is 0.371. The minimum absolute atomic E-state index is 0.105. The molecule has 1 heterocycles. The first-order valence-electron chi connectivity index (χ1n) is 7.91. The largest absolute Gasteiger partial charge is 0.377 e. The second kappa shape index (κ2) is 6.01. The van der Waals surface area contributed by atoms with Gasteiger partial charge in [-0.05, 0) is 49.8 Å². The van der Waals surface area contributed by atoms with E-state index in [1.54, 1.807) is 12.1 Å². The predicted molar refractivity (Wildman–Crippen MR) is 78.1 cm³/mol. The van der Waals surface area contributed by atoms with Gasteiger partial charge in [0.15, 0.2) is 11.6 Å². The molecule has 1 N–H and O–H groups in total. The second-order valence-electron chi connectivity index (χ2n) is 6.41. The Morgan fingerprint density at radius 2 is 2.14 bits per heavy atom. The van der Waals surface area contributed by atoms with Gasteiger partial charge in [-0.25, -0.2) is 8.78 Å². The summed E-state index contributed by atoms with van der Waals surface area (Å²) in [4.78, 5) is 0. The molecule has 2 nitrogen and oxygen atoms in total. The monoisotopic (exact) mass is 295 g/mol. The Kier molecular flexibility index (Phi) is 4.27. The van der Waals surface area contributed by atoms with E-state index < -0.39 is 11.6 Å². The first-order valence-corrected chi connectivity index (χ1v) is 7.91. The molecule has 21 heavy (non-hydrogen) atoms. The van der Waals surface area contributed by atoms with Crippen LogP contribution in [0.25, 0.3) is 0 Å². The van der Waals surface area contributed by atoms with Crippen LogP contribution in [0, 0.1) is 23.0 Å². The Hall–Kier alpha value is -1.00. The molecule has 1 saturated heterocycles. The second-order valence-corrected chi connectivity index (χ2v) is 6.41. The van der Waals surface area contributed by atoms with Gasteiger partial charge >= 0.3 is 0 Å². The smallest absolute Gasteiger partial charge is 0.162 e. The minimum atomic E-state index is -0.756. The van der Waals surface area contributed by atoms with E-state index in [1.165, 1.54) is 18.9 Å². The van der Waals surface area contributed by atoms with Crippen molar-refractivity contribution < 1.29 is 13.5 Å². The van der Waals surface area contributed by atoms with Crippen LogP contribution < -0.4 is 5.32 Å². The lowest BCUT2D eigenvalue weighted by Crippen LogP contribution is -2.43. The number of rotatable bonds is 6. The molecule has 1 aromatic carbocycles. The van der Waals surface area contributed by atoms with Gasteiger partial charge in [-0.2, -0.15) is 0 Å². The molecule has 0 spiro atoms. The summed E-state index contributed by atoms with van der Waals surface area (Å²) in [5, 5.41) is 3.40. The molecule has 116 valence electrons. The molecule has 2 unspecified atom stereocenters. The van der Waals surface area contributed by atoms with Gasteiger partial charge in [-0.3, -0.25) is 0 Å². The molecular weight excluding hydrogens is 272 g/mol. The molecule has 3 rings (SSSR count). The number of hydrogen-bond acceptors (Lipinski definition) is 2. The van der Waals surface area contributed by atoms with Crippen molar-refractivity contribution in [2.24, 2.45) is 11.3 Å². The van der Waals surface area contributed by atoms with Crippen LogP contribution in [0.5, 0.6) is 0 Å². The molecule has 1 aromatic rings. The normalized spacial score (nSPS) is 29.0. The van der Waals surface area contributed by atoms with Crippen molar-refractivity contribution in [3.05, 3.63) is 35.4 Å². The lowest BCUT2D eigenvalue weighted by Gasteiger charge is -2.35. The molecule has 0 bridgehead atoms. The fraction of sp³-hybridized carbons (Fsp3) is 0.647. The summed E-state index contributed by atoms with van der Waals surface area (Å²) in [6.45, 7) is 4.48. The molecule has 2 atom stereocenters. The average Bonchev–Trinajstić information content (AvgIpc) is 3.24. The third kappa shape index (κ3) is 2.97. The number of ether oxygens (including phenoxy) is 1. The summed E-state index contributed by atoms with van der Waals surface area (Å²) >= 11 is 0. The zero-order valence-corrected chi connectivity index (χ0v) is 12.5. The Bertz CT molecular complexity index is 504. The lowest BCUT2D eigenvalue weighted by atomic mass is 9.74. The van der Waals surface area contributed by atoms with Crippen LogP contribution in [0.4, 0.5) is 8.78 Å². The highest BCUT2D eigenvalue weighted by Crippen LogP contribution is 2.49. The SMILES string of the molecule is CCNCC1(Cc2cccc(F)c2F)CCOC1C1CC1. The Balaban J connectivity index is 1.86. The molecule has 1 aliphatic carbocycles. The van der Waals surface area contributed by atoms with Crippen molar-refractivity contribution in [1.29, 1.82) is 0 Å². The Labute approximate surface area is 124 Å². The zero-order chi connectivity index (χ0) is 14.9. The quantitative estimate of drug-likeness (QED) is 0.869.